The Hall–Kier alpha value is -2.41. The number of rotatable bonds is 17. The number of aliphatic hydroxyl groups excluding tert-OH is 1. The van der Waals surface area contributed by atoms with Crippen LogP contribution in [0.3, 0.4) is 0 Å². The molecule has 1 heterocycles. The first-order valence-electron chi connectivity index (χ1n) is 21.5. The zero-order chi connectivity index (χ0) is 40.8. The number of carbonyl (C=O) groups is 1. The summed E-state index contributed by atoms with van der Waals surface area (Å²) in [4.78, 5) is 15.4. The van der Waals surface area contributed by atoms with Crippen molar-refractivity contribution in [2.45, 2.75) is 146 Å². The number of hydrogen-bond donors (Lipinski definition) is 2. The number of halogens is 5. The number of alkyl halides is 5. The molecule has 1 saturated heterocycles. The first-order chi connectivity index (χ1) is 27.1. The monoisotopic (exact) mass is 822 g/mol. The molecule has 4 aliphatic rings. The number of hydrogen-bond acceptors (Lipinski definition) is 5. The molecule has 2 aromatic rings. The van der Waals surface area contributed by atoms with Crippen LogP contribution in [0, 0.1) is 23.2 Å². The number of aliphatic hydroxyl groups is 1. The molecule has 57 heavy (non-hydrogen) atoms. The second-order valence-corrected chi connectivity index (χ2v) is 19.6. The van der Waals surface area contributed by atoms with Crippen molar-refractivity contribution >= 4 is 23.0 Å². The number of unbranched alkanes of at least 4 members (excludes halogenated alkanes) is 6. The van der Waals surface area contributed by atoms with E-state index in [0.29, 0.717) is 53.2 Å². The van der Waals surface area contributed by atoms with Crippen molar-refractivity contribution < 1.29 is 41.1 Å². The van der Waals surface area contributed by atoms with Crippen LogP contribution in [0.25, 0.3) is 0 Å². The Bertz CT molecular complexity index is 1600. The standard InChI is InChI=1S/C45H63F5N2O4S/c1-43-24-20-38-37-17-16-36(56-42(54)51-35-14-12-31(13-15-35)32-21-25-52(2)26-22-32)30-34(37)29-33(41(38)39(43)18-19-40(43)53)11-8-6-4-3-5-7-9-27-57(55)28-10-23-44(46,47)45(48,49)50/h12-17,30,32-33,38-41,53H,3-11,18-29H2,1-2H3,(H,51,54)/t33-,38-,39+,40+,41-,43+,57?/m1/s1. The van der Waals surface area contributed by atoms with Gasteiger partial charge in [-0.15, -0.1) is 0 Å². The van der Waals surface area contributed by atoms with Crippen LogP contribution in [0.1, 0.15) is 138 Å². The van der Waals surface area contributed by atoms with Crippen molar-refractivity contribution in [2.75, 3.05) is 37.0 Å². The van der Waals surface area contributed by atoms with Crippen LogP contribution in [-0.2, 0) is 17.6 Å². The SMILES string of the molecule is CN1CCC(c2ccc(NC(=O)Oc3ccc4c(c3)C[C@@H](CCCCCCCCC[S+]([O-])CCCC(F)(F)C(F)(F)F)[C@@H]3[C@@H]4CC[C@]4(C)[C@@H](O)CC[C@@H]34)cc2)CC1. The van der Waals surface area contributed by atoms with Crippen LogP contribution in [0.2, 0.25) is 0 Å². The van der Waals surface area contributed by atoms with Gasteiger partial charge >= 0.3 is 18.2 Å². The third kappa shape index (κ3) is 11.1. The zero-order valence-corrected chi connectivity index (χ0v) is 34.6. The van der Waals surface area contributed by atoms with Gasteiger partial charge in [-0.25, -0.2) is 4.79 Å². The summed E-state index contributed by atoms with van der Waals surface area (Å²) in [7, 11) is 2.16. The van der Waals surface area contributed by atoms with Gasteiger partial charge in [0.2, 0.25) is 0 Å². The highest BCUT2D eigenvalue weighted by Gasteiger charge is 2.57. The first kappa shape index (κ1) is 44.2. The summed E-state index contributed by atoms with van der Waals surface area (Å²) in [5.41, 5.74) is 4.62. The van der Waals surface area contributed by atoms with E-state index in [9.17, 15) is 36.4 Å². The fraction of sp³-hybridized carbons (Fsp3) is 0.711. The van der Waals surface area contributed by atoms with Crippen molar-refractivity contribution in [3.05, 3.63) is 59.2 Å². The summed E-state index contributed by atoms with van der Waals surface area (Å²) in [6, 6.07) is 14.3. The van der Waals surface area contributed by atoms with E-state index in [4.69, 9.17) is 4.74 Å². The number of nitrogens with zero attached hydrogens (tertiary/aromatic N) is 1. The number of benzene rings is 2. The molecule has 6 nitrogen and oxygen atoms in total. The Morgan fingerprint density at radius 1 is 0.912 bits per heavy atom. The van der Waals surface area contributed by atoms with Crippen molar-refractivity contribution in [1.29, 1.82) is 0 Å². The van der Waals surface area contributed by atoms with E-state index in [2.05, 4.69) is 48.5 Å². The summed E-state index contributed by atoms with van der Waals surface area (Å²) in [5, 5.41) is 14.0. The molecule has 318 valence electrons. The second-order valence-electron chi connectivity index (χ2n) is 17.9. The highest BCUT2D eigenvalue weighted by atomic mass is 32.2. The molecule has 1 amide bonds. The van der Waals surface area contributed by atoms with Gasteiger partial charge in [0.15, 0.2) is 0 Å². The summed E-state index contributed by atoms with van der Waals surface area (Å²) >= 11 is -1.38. The maximum absolute atomic E-state index is 13.1. The number of carbonyl (C=O) groups excluding carboxylic acids is 1. The van der Waals surface area contributed by atoms with Crippen molar-refractivity contribution in [3.63, 3.8) is 0 Å². The predicted molar refractivity (Wildman–Crippen MR) is 217 cm³/mol. The lowest BCUT2D eigenvalue weighted by Gasteiger charge is -2.53. The second kappa shape index (κ2) is 19.3. The third-order valence-electron chi connectivity index (χ3n) is 14.1. The molecule has 6 rings (SSSR count). The fourth-order valence-corrected chi connectivity index (χ4v) is 12.0. The molecule has 1 aliphatic heterocycles. The molecule has 0 spiro atoms. The lowest BCUT2D eigenvalue weighted by atomic mass is 9.52. The number of fused-ring (bicyclic) bond motifs is 5. The Labute approximate surface area is 339 Å². The van der Waals surface area contributed by atoms with E-state index in [1.807, 2.05) is 18.2 Å². The molecule has 7 atom stereocenters. The van der Waals surface area contributed by atoms with E-state index in [1.54, 1.807) is 0 Å². The molecule has 2 N–H and O–H groups in total. The van der Waals surface area contributed by atoms with Crippen LogP contribution >= 0.6 is 0 Å². The molecular formula is C45H63F5N2O4S. The van der Waals surface area contributed by atoms with Gasteiger partial charge in [-0.3, -0.25) is 5.32 Å². The predicted octanol–water partition coefficient (Wildman–Crippen LogP) is 11.4. The average Bonchev–Trinajstić information content (AvgIpc) is 3.47. The van der Waals surface area contributed by atoms with Crippen LogP contribution in [0.15, 0.2) is 42.5 Å². The van der Waals surface area contributed by atoms with Gasteiger partial charge in [0.25, 0.3) is 0 Å². The van der Waals surface area contributed by atoms with Crippen LogP contribution in [-0.4, -0.2) is 70.5 Å². The summed E-state index contributed by atoms with van der Waals surface area (Å²) < 4.78 is 81.2. The minimum Gasteiger partial charge on any atom is -0.616 e. The molecule has 2 aromatic carbocycles. The molecule has 0 bridgehead atoms. The Balaban J connectivity index is 0.970. The fourth-order valence-electron chi connectivity index (χ4n) is 10.8. The maximum atomic E-state index is 13.1. The Morgan fingerprint density at radius 3 is 2.28 bits per heavy atom. The molecule has 12 heteroatoms. The summed E-state index contributed by atoms with van der Waals surface area (Å²) in [6.07, 6.45) is 7.16. The number of anilines is 1. The van der Waals surface area contributed by atoms with Crippen molar-refractivity contribution in [1.82, 2.24) is 4.90 Å². The summed E-state index contributed by atoms with van der Waals surface area (Å²) in [5.74, 6) is -1.50. The average molecular weight is 823 g/mol. The van der Waals surface area contributed by atoms with Gasteiger partial charge in [0.1, 0.15) is 17.3 Å². The molecule has 2 saturated carbocycles. The minimum absolute atomic E-state index is 0.0405. The lowest BCUT2D eigenvalue weighted by molar-refractivity contribution is -0.284. The number of amides is 1. The molecule has 3 fully saturated rings. The quantitative estimate of drug-likeness (QED) is 0.0943. The highest BCUT2D eigenvalue weighted by molar-refractivity contribution is 7.91. The van der Waals surface area contributed by atoms with Gasteiger partial charge in [0, 0.05) is 12.1 Å². The number of piperidine rings is 1. The molecular weight excluding hydrogens is 760 g/mol. The van der Waals surface area contributed by atoms with E-state index in [-0.39, 0.29) is 17.3 Å². The zero-order valence-electron chi connectivity index (χ0n) is 33.8. The van der Waals surface area contributed by atoms with Gasteiger partial charge in [0.05, 0.1) is 6.10 Å². The van der Waals surface area contributed by atoms with Gasteiger partial charge in [-0.1, -0.05) is 68.4 Å². The van der Waals surface area contributed by atoms with Crippen LogP contribution in [0.5, 0.6) is 5.75 Å². The minimum atomic E-state index is -5.56. The van der Waals surface area contributed by atoms with Crippen LogP contribution in [0.4, 0.5) is 32.4 Å². The Kier molecular flexibility index (Phi) is 15.0. The van der Waals surface area contributed by atoms with Crippen molar-refractivity contribution in [3.8, 4) is 5.75 Å². The van der Waals surface area contributed by atoms with E-state index < -0.39 is 42.2 Å². The molecule has 3 aliphatic carbocycles. The highest BCUT2D eigenvalue weighted by Crippen LogP contribution is 2.63. The first-order valence-corrected chi connectivity index (χ1v) is 23.0. The number of nitrogens with one attached hydrogen (secondary N) is 1. The van der Waals surface area contributed by atoms with E-state index in [1.165, 1.54) is 16.7 Å². The van der Waals surface area contributed by atoms with E-state index >= 15 is 0 Å². The van der Waals surface area contributed by atoms with E-state index in [0.717, 1.165) is 103 Å². The topological polar surface area (TPSA) is 84.9 Å². The maximum Gasteiger partial charge on any atom is 0.453 e. The summed E-state index contributed by atoms with van der Waals surface area (Å²) in [6.45, 7) is 4.50. The van der Waals surface area contributed by atoms with Gasteiger partial charge in [-0.05, 0) is 167 Å². The van der Waals surface area contributed by atoms with Crippen LogP contribution < -0.4 is 10.1 Å². The Morgan fingerprint density at radius 2 is 1.58 bits per heavy atom. The normalized spacial score (nSPS) is 27.4. The molecule has 1 unspecified atom stereocenters. The number of likely N-dealkylation sites (tertiary alicyclic amines) is 1. The third-order valence-corrected chi connectivity index (χ3v) is 15.6. The van der Waals surface area contributed by atoms with Gasteiger partial charge in [-0.2, -0.15) is 22.0 Å². The van der Waals surface area contributed by atoms with Crippen molar-refractivity contribution in [2.24, 2.45) is 23.2 Å². The smallest absolute Gasteiger partial charge is 0.453 e. The van der Waals surface area contributed by atoms with Gasteiger partial charge < -0.3 is 19.3 Å². The molecule has 0 aromatic heterocycles. The number of ether oxygens (including phenoxy) is 1. The largest absolute Gasteiger partial charge is 0.616 e. The molecule has 0 radical (unpaired) electrons. The lowest BCUT2D eigenvalue weighted by Crippen LogP contribution is -2.47.